The molecule has 20 heavy (non-hydrogen) atoms. The van der Waals surface area contributed by atoms with E-state index in [4.69, 9.17) is 16.3 Å². The highest BCUT2D eigenvalue weighted by molar-refractivity contribution is 6.32. The average Bonchev–Trinajstić information content (AvgIpc) is 2.48. The van der Waals surface area contributed by atoms with E-state index in [2.05, 4.69) is 0 Å². The highest BCUT2D eigenvalue weighted by Crippen LogP contribution is 2.24. The van der Waals surface area contributed by atoms with Gasteiger partial charge in [-0.05, 0) is 43.4 Å². The van der Waals surface area contributed by atoms with Gasteiger partial charge < -0.3 is 14.7 Å². The summed E-state index contributed by atoms with van der Waals surface area (Å²) < 4.78 is 5.33. The Balaban J connectivity index is 1.89. The number of nitrogens with zero attached hydrogens (tertiary/aromatic N) is 1. The number of hydrogen-bond donors (Lipinski definition) is 1. The Morgan fingerprint density at radius 3 is 2.80 bits per heavy atom. The number of amides is 1. The summed E-state index contributed by atoms with van der Waals surface area (Å²) in [4.78, 5) is 13.9. The van der Waals surface area contributed by atoms with Gasteiger partial charge in [-0.1, -0.05) is 11.6 Å². The van der Waals surface area contributed by atoms with Gasteiger partial charge in [-0.2, -0.15) is 0 Å². The normalized spacial score (nSPS) is 16.1. The van der Waals surface area contributed by atoms with Crippen molar-refractivity contribution in [2.75, 3.05) is 26.8 Å². The van der Waals surface area contributed by atoms with Gasteiger partial charge in [-0.3, -0.25) is 4.79 Å². The number of halogens is 1. The molecule has 2 rings (SSSR count). The first-order chi connectivity index (χ1) is 9.58. The second-order valence-corrected chi connectivity index (χ2v) is 5.64. The first-order valence-corrected chi connectivity index (χ1v) is 7.27. The molecule has 0 unspecified atom stereocenters. The lowest BCUT2D eigenvalue weighted by molar-refractivity contribution is 0.0583. The maximum absolute atomic E-state index is 12.2. The zero-order chi connectivity index (χ0) is 14.5. The number of benzene rings is 1. The third kappa shape index (κ3) is 3.87. The predicted octanol–water partition coefficient (Wildman–Crippen LogP) is 2.93. The molecule has 0 aliphatic carbocycles. The molecule has 0 spiro atoms. The molecule has 1 aromatic rings. The molecule has 1 amide bonds. The van der Waals surface area contributed by atoms with Crippen molar-refractivity contribution in [2.24, 2.45) is 5.92 Å². The highest BCUT2D eigenvalue weighted by atomic mass is 35.5. The van der Waals surface area contributed by atoms with E-state index in [9.17, 15) is 9.90 Å². The Hall–Kier alpha value is -1.26. The lowest BCUT2D eigenvalue weighted by atomic mass is 9.96. The summed E-state index contributed by atoms with van der Waals surface area (Å²) >= 11 is 5.83. The second kappa shape index (κ2) is 6.95. The van der Waals surface area contributed by atoms with Crippen LogP contribution in [0.25, 0.3) is 0 Å². The summed E-state index contributed by atoms with van der Waals surface area (Å²) in [5.74, 6) is 0.564. The first kappa shape index (κ1) is 15.1. The van der Waals surface area contributed by atoms with Crippen LogP contribution in [0.1, 0.15) is 29.6 Å². The van der Waals surface area contributed by atoms with E-state index in [-0.39, 0.29) is 16.7 Å². The molecule has 0 bridgehead atoms. The monoisotopic (exact) mass is 297 g/mol. The summed E-state index contributed by atoms with van der Waals surface area (Å²) in [5.41, 5.74) is 0.502. The van der Waals surface area contributed by atoms with Crippen LogP contribution in [-0.4, -0.2) is 42.7 Å². The Labute approximate surface area is 124 Å². The van der Waals surface area contributed by atoms with E-state index in [1.54, 1.807) is 18.0 Å². The van der Waals surface area contributed by atoms with Crippen molar-refractivity contribution in [3.05, 3.63) is 28.8 Å². The van der Waals surface area contributed by atoms with Gasteiger partial charge in [-0.15, -0.1) is 0 Å². The average molecular weight is 298 g/mol. The molecule has 1 aliphatic rings. The largest absolute Gasteiger partial charge is 0.506 e. The van der Waals surface area contributed by atoms with Crippen molar-refractivity contribution < 1.29 is 14.6 Å². The summed E-state index contributed by atoms with van der Waals surface area (Å²) in [6.45, 7) is 2.38. The second-order valence-electron chi connectivity index (χ2n) is 5.24. The van der Waals surface area contributed by atoms with Crippen LogP contribution in [0.2, 0.25) is 5.02 Å². The Kier molecular flexibility index (Phi) is 5.26. The quantitative estimate of drug-likeness (QED) is 0.929. The van der Waals surface area contributed by atoms with E-state index in [0.29, 0.717) is 11.5 Å². The molecule has 0 saturated carbocycles. The number of ether oxygens (including phenoxy) is 1. The number of rotatable bonds is 4. The summed E-state index contributed by atoms with van der Waals surface area (Å²) in [6.07, 6.45) is 3.15. The van der Waals surface area contributed by atoms with Crippen molar-refractivity contribution in [3.63, 3.8) is 0 Å². The molecule has 1 N–H and O–H groups in total. The van der Waals surface area contributed by atoms with Gasteiger partial charge in [0.1, 0.15) is 5.75 Å². The van der Waals surface area contributed by atoms with E-state index < -0.39 is 0 Å². The van der Waals surface area contributed by atoms with Crippen molar-refractivity contribution in [1.82, 2.24) is 4.90 Å². The Morgan fingerprint density at radius 2 is 2.15 bits per heavy atom. The van der Waals surface area contributed by atoms with E-state index in [1.165, 1.54) is 12.1 Å². The van der Waals surface area contributed by atoms with Crippen LogP contribution < -0.4 is 0 Å². The summed E-state index contributed by atoms with van der Waals surface area (Å²) in [7, 11) is 1.79. The molecular weight excluding hydrogens is 278 g/mol. The third-order valence-electron chi connectivity index (χ3n) is 3.75. The van der Waals surface area contributed by atoms with Gasteiger partial charge >= 0.3 is 0 Å². The molecule has 0 radical (unpaired) electrons. The molecule has 1 saturated heterocycles. The number of aromatic hydroxyl groups is 1. The molecule has 4 nitrogen and oxygen atoms in total. The van der Waals surface area contributed by atoms with Crippen LogP contribution in [0.5, 0.6) is 5.75 Å². The number of carbonyl (C=O) groups is 1. The van der Waals surface area contributed by atoms with Gasteiger partial charge in [0.15, 0.2) is 0 Å². The van der Waals surface area contributed by atoms with Crippen LogP contribution in [0.3, 0.4) is 0 Å². The van der Waals surface area contributed by atoms with E-state index in [0.717, 1.165) is 39.0 Å². The molecule has 5 heteroatoms. The van der Waals surface area contributed by atoms with Crippen LogP contribution in [0.15, 0.2) is 18.2 Å². The van der Waals surface area contributed by atoms with Crippen molar-refractivity contribution in [2.45, 2.75) is 19.3 Å². The van der Waals surface area contributed by atoms with Crippen LogP contribution in [-0.2, 0) is 4.74 Å². The maximum Gasteiger partial charge on any atom is 0.253 e. The highest BCUT2D eigenvalue weighted by Gasteiger charge is 2.17. The Morgan fingerprint density at radius 1 is 1.45 bits per heavy atom. The minimum Gasteiger partial charge on any atom is -0.506 e. The van der Waals surface area contributed by atoms with Crippen LogP contribution >= 0.6 is 11.6 Å². The van der Waals surface area contributed by atoms with Crippen molar-refractivity contribution >= 4 is 17.5 Å². The maximum atomic E-state index is 12.2. The predicted molar refractivity (Wildman–Crippen MR) is 78.2 cm³/mol. The number of carbonyl (C=O) groups excluding carboxylic acids is 1. The zero-order valence-electron chi connectivity index (χ0n) is 11.6. The molecule has 1 fully saturated rings. The molecule has 110 valence electrons. The van der Waals surface area contributed by atoms with Gasteiger partial charge in [-0.25, -0.2) is 0 Å². The molecular formula is C15H20ClNO3. The standard InChI is InChI=1S/C15H20ClNO3/c1-17(7-4-11-5-8-20-9-6-11)15(19)12-2-3-14(18)13(16)10-12/h2-3,10-11,18H,4-9H2,1H3. The lowest BCUT2D eigenvalue weighted by Gasteiger charge is -2.25. The van der Waals surface area contributed by atoms with Crippen LogP contribution in [0.4, 0.5) is 0 Å². The van der Waals surface area contributed by atoms with E-state index >= 15 is 0 Å². The first-order valence-electron chi connectivity index (χ1n) is 6.89. The lowest BCUT2D eigenvalue weighted by Crippen LogP contribution is -2.30. The third-order valence-corrected chi connectivity index (χ3v) is 4.06. The fourth-order valence-corrected chi connectivity index (χ4v) is 2.55. The fourth-order valence-electron chi connectivity index (χ4n) is 2.37. The van der Waals surface area contributed by atoms with Crippen LogP contribution in [0, 0.1) is 5.92 Å². The van der Waals surface area contributed by atoms with Crippen molar-refractivity contribution in [3.8, 4) is 5.75 Å². The van der Waals surface area contributed by atoms with Gasteiger partial charge in [0.05, 0.1) is 5.02 Å². The smallest absolute Gasteiger partial charge is 0.253 e. The number of hydrogen-bond acceptors (Lipinski definition) is 3. The zero-order valence-corrected chi connectivity index (χ0v) is 12.4. The number of phenols is 1. The molecule has 1 aromatic carbocycles. The van der Waals surface area contributed by atoms with Gasteiger partial charge in [0.2, 0.25) is 0 Å². The summed E-state index contributed by atoms with van der Waals surface area (Å²) in [6, 6.07) is 4.54. The minimum atomic E-state index is -0.0704. The molecule has 0 aromatic heterocycles. The number of phenolic OH excluding ortho intramolecular Hbond substituents is 1. The minimum absolute atomic E-state index is 0.00641. The van der Waals surface area contributed by atoms with Gasteiger partial charge in [0, 0.05) is 32.4 Å². The Bertz CT molecular complexity index is 472. The van der Waals surface area contributed by atoms with E-state index in [1.807, 2.05) is 0 Å². The summed E-state index contributed by atoms with van der Waals surface area (Å²) in [5, 5.41) is 9.57. The SMILES string of the molecule is CN(CCC1CCOCC1)C(=O)c1ccc(O)c(Cl)c1. The molecule has 1 aliphatic heterocycles. The van der Waals surface area contributed by atoms with Crippen molar-refractivity contribution in [1.29, 1.82) is 0 Å². The topological polar surface area (TPSA) is 49.8 Å². The molecule has 1 heterocycles. The molecule has 0 atom stereocenters. The fraction of sp³-hybridized carbons (Fsp3) is 0.533. The van der Waals surface area contributed by atoms with Gasteiger partial charge in [0.25, 0.3) is 5.91 Å².